The lowest BCUT2D eigenvalue weighted by Gasteiger charge is -2.19. The summed E-state index contributed by atoms with van der Waals surface area (Å²) < 4.78 is 18.9. The van der Waals surface area contributed by atoms with Crippen LogP contribution in [0, 0.1) is 22.9 Å². The van der Waals surface area contributed by atoms with E-state index in [4.69, 9.17) is 4.74 Å². The molecular formula is C21H17FN2O4. The Bertz CT molecular complexity index is 991. The lowest BCUT2D eigenvalue weighted by Crippen LogP contribution is -2.26. The molecule has 0 aliphatic rings. The molecule has 0 radical (unpaired) electrons. The van der Waals surface area contributed by atoms with Crippen molar-refractivity contribution in [1.82, 2.24) is 0 Å². The van der Waals surface area contributed by atoms with Crippen LogP contribution in [0.4, 0.5) is 15.8 Å². The quantitative estimate of drug-likeness (QED) is 0.492. The number of nitrogens with zero attached hydrogens (tertiary/aromatic N) is 1. The van der Waals surface area contributed by atoms with E-state index in [1.165, 1.54) is 36.4 Å². The molecule has 3 aromatic carbocycles. The van der Waals surface area contributed by atoms with Crippen LogP contribution >= 0.6 is 0 Å². The SMILES string of the molecule is Cc1ccc(O[C@@H](C(=O)Nc2ccc(F)cc2)c2ccccc2)c([N+](=O)[O-])c1. The standard InChI is InChI=1S/C21H17FN2O4/c1-14-7-12-19(18(13-14)24(26)27)28-20(15-5-3-2-4-6-15)21(25)23-17-10-8-16(22)9-11-17/h2-13,20H,1H3,(H,23,25)/t20-/m1/s1. The summed E-state index contributed by atoms with van der Waals surface area (Å²) in [5.74, 6) is -0.976. The summed E-state index contributed by atoms with van der Waals surface area (Å²) in [5.41, 5.74) is 1.38. The van der Waals surface area contributed by atoms with Gasteiger partial charge in [0.15, 0.2) is 5.75 Å². The summed E-state index contributed by atoms with van der Waals surface area (Å²) in [6.07, 6.45) is -1.13. The predicted octanol–water partition coefficient (Wildman–Crippen LogP) is 4.80. The van der Waals surface area contributed by atoms with Gasteiger partial charge in [-0.15, -0.1) is 0 Å². The number of amides is 1. The van der Waals surface area contributed by atoms with Crippen LogP contribution in [0.5, 0.6) is 5.75 Å². The Morgan fingerprint density at radius 3 is 2.39 bits per heavy atom. The molecule has 0 bridgehead atoms. The number of benzene rings is 3. The lowest BCUT2D eigenvalue weighted by atomic mass is 10.1. The molecule has 1 amide bonds. The smallest absolute Gasteiger partial charge is 0.311 e. The van der Waals surface area contributed by atoms with Gasteiger partial charge in [0.1, 0.15) is 5.82 Å². The lowest BCUT2D eigenvalue weighted by molar-refractivity contribution is -0.386. The van der Waals surface area contributed by atoms with Gasteiger partial charge in [0, 0.05) is 17.3 Å². The summed E-state index contributed by atoms with van der Waals surface area (Å²) in [4.78, 5) is 23.7. The molecule has 1 N–H and O–H groups in total. The second-order valence-electron chi connectivity index (χ2n) is 6.13. The van der Waals surface area contributed by atoms with Crippen LogP contribution in [0.15, 0.2) is 72.8 Å². The van der Waals surface area contributed by atoms with E-state index in [9.17, 15) is 19.3 Å². The third kappa shape index (κ3) is 4.50. The average Bonchev–Trinajstić information content (AvgIpc) is 2.69. The van der Waals surface area contributed by atoms with E-state index in [-0.39, 0.29) is 11.4 Å². The van der Waals surface area contributed by atoms with E-state index in [1.807, 2.05) is 0 Å². The van der Waals surface area contributed by atoms with Gasteiger partial charge in [0.25, 0.3) is 5.91 Å². The second-order valence-corrected chi connectivity index (χ2v) is 6.13. The van der Waals surface area contributed by atoms with Crippen LogP contribution in [0.25, 0.3) is 0 Å². The number of hydrogen-bond acceptors (Lipinski definition) is 4. The van der Waals surface area contributed by atoms with Gasteiger partial charge in [-0.2, -0.15) is 0 Å². The molecule has 0 heterocycles. The fraction of sp³-hybridized carbons (Fsp3) is 0.0952. The van der Waals surface area contributed by atoms with Gasteiger partial charge in [-0.25, -0.2) is 4.39 Å². The highest BCUT2D eigenvalue weighted by Gasteiger charge is 2.26. The predicted molar refractivity (Wildman–Crippen MR) is 103 cm³/mol. The Kier molecular flexibility index (Phi) is 5.64. The summed E-state index contributed by atoms with van der Waals surface area (Å²) in [6, 6.07) is 18.4. The third-order valence-corrected chi connectivity index (χ3v) is 4.01. The highest BCUT2D eigenvalue weighted by molar-refractivity contribution is 5.95. The van der Waals surface area contributed by atoms with Crippen LogP contribution in [-0.2, 0) is 4.79 Å². The van der Waals surface area contributed by atoms with Crippen molar-refractivity contribution < 1.29 is 18.8 Å². The monoisotopic (exact) mass is 380 g/mol. The number of carbonyl (C=O) groups is 1. The maximum atomic E-state index is 13.1. The van der Waals surface area contributed by atoms with Gasteiger partial charge in [0.2, 0.25) is 6.10 Å². The number of rotatable bonds is 6. The molecular weight excluding hydrogens is 363 g/mol. The normalized spacial score (nSPS) is 11.5. The molecule has 3 aromatic rings. The first kappa shape index (κ1) is 19.0. The first-order valence-corrected chi connectivity index (χ1v) is 8.47. The zero-order valence-electron chi connectivity index (χ0n) is 15.0. The number of ether oxygens (including phenoxy) is 1. The van der Waals surface area contributed by atoms with Crippen molar-refractivity contribution in [3.8, 4) is 5.75 Å². The van der Waals surface area contributed by atoms with E-state index in [0.29, 0.717) is 16.8 Å². The van der Waals surface area contributed by atoms with E-state index in [0.717, 1.165) is 0 Å². The molecule has 7 heteroatoms. The van der Waals surface area contributed by atoms with Crippen molar-refractivity contribution in [2.45, 2.75) is 13.0 Å². The van der Waals surface area contributed by atoms with E-state index in [2.05, 4.69) is 5.32 Å². The number of hydrogen-bond donors (Lipinski definition) is 1. The first-order valence-electron chi connectivity index (χ1n) is 8.47. The first-order chi connectivity index (χ1) is 13.4. The van der Waals surface area contributed by atoms with Gasteiger partial charge in [-0.1, -0.05) is 36.4 Å². The molecule has 0 saturated heterocycles. The topological polar surface area (TPSA) is 81.5 Å². The Balaban J connectivity index is 1.93. The summed E-state index contributed by atoms with van der Waals surface area (Å²) in [6.45, 7) is 1.73. The Morgan fingerprint density at radius 2 is 1.75 bits per heavy atom. The van der Waals surface area contributed by atoms with E-state index in [1.54, 1.807) is 43.3 Å². The fourth-order valence-corrected chi connectivity index (χ4v) is 2.64. The highest BCUT2D eigenvalue weighted by Crippen LogP contribution is 2.32. The highest BCUT2D eigenvalue weighted by atomic mass is 19.1. The van der Waals surface area contributed by atoms with Crippen LogP contribution in [0.3, 0.4) is 0 Å². The second kappa shape index (κ2) is 8.30. The van der Waals surface area contributed by atoms with Gasteiger partial charge >= 0.3 is 5.69 Å². The maximum absolute atomic E-state index is 13.1. The molecule has 0 saturated carbocycles. The molecule has 142 valence electrons. The number of nitrogens with one attached hydrogen (secondary N) is 1. The zero-order valence-corrected chi connectivity index (χ0v) is 15.0. The number of nitro groups is 1. The number of nitro benzene ring substituents is 1. The molecule has 6 nitrogen and oxygen atoms in total. The van der Waals surface area contributed by atoms with Crippen molar-refractivity contribution in [3.63, 3.8) is 0 Å². The molecule has 0 aliphatic heterocycles. The Hall–Kier alpha value is -3.74. The van der Waals surface area contributed by atoms with Crippen molar-refractivity contribution in [3.05, 3.63) is 99.9 Å². The van der Waals surface area contributed by atoms with Crippen molar-refractivity contribution in [2.24, 2.45) is 0 Å². The number of carbonyl (C=O) groups excluding carboxylic acids is 1. The molecule has 0 aromatic heterocycles. The van der Waals surface area contributed by atoms with E-state index >= 15 is 0 Å². The van der Waals surface area contributed by atoms with Gasteiger partial charge < -0.3 is 10.1 Å². The van der Waals surface area contributed by atoms with Gasteiger partial charge in [-0.3, -0.25) is 14.9 Å². The molecule has 1 atom stereocenters. The van der Waals surface area contributed by atoms with Crippen LogP contribution in [0.2, 0.25) is 0 Å². The number of halogens is 1. The largest absolute Gasteiger partial charge is 0.469 e. The van der Waals surface area contributed by atoms with Crippen molar-refractivity contribution in [2.75, 3.05) is 5.32 Å². The zero-order chi connectivity index (χ0) is 20.1. The molecule has 0 aliphatic carbocycles. The van der Waals surface area contributed by atoms with Crippen molar-refractivity contribution in [1.29, 1.82) is 0 Å². The minimum atomic E-state index is -1.13. The Labute approximate surface area is 160 Å². The molecule has 3 rings (SSSR count). The van der Waals surface area contributed by atoms with E-state index < -0.39 is 22.8 Å². The Morgan fingerprint density at radius 1 is 1.07 bits per heavy atom. The summed E-state index contributed by atoms with van der Waals surface area (Å²) in [5, 5.41) is 14.0. The number of aryl methyl sites for hydroxylation is 1. The van der Waals surface area contributed by atoms with Gasteiger partial charge in [-0.05, 0) is 42.8 Å². The molecule has 0 unspecified atom stereocenters. The van der Waals surface area contributed by atoms with Crippen LogP contribution in [-0.4, -0.2) is 10.8 Å². The molecule has 0 spiro atoms. The van der Waals surface area contributed by atoms with Crippen LogP contribution < -0.4 is 10.1 Å². The van der Waals surface area contributed by atoms with Gasteiger partial charge in [0.05, 0.1) is 4.92 Å². The minimum absolute atomic E-state index is 0.0151. The molecule has 28 heavy (non-hydrogen) atoms. The van der Waals surface area contributed by atoms with Crippen molar-refractivity contribution >= 4 is 17.3 Å². The summed E-state index contributed by atoms with van der Waals surface area (Å²) >= 11 is 0. The molecule has 0 fully saturated rings. The fourth-order valence-electron chi connectivity index (χ4n) is 2.64. The average molecular weight is 380 g/mol. The van der Waals surface area contributed by atoms with Crippen LogP contribution in [0.1, 0.15) is 17.2 Å². The number of anilines is 1. The minimum Gasteiger partial charge on any atom is -0.469 e. The summed E-state index contributed by atoms with van der Waals surface area (Å²) in [7, 11) is 0. The maximum Gasteiger partial charge on any atom is 0.311 e. The third-order valence-electron chi connectivity index (χ3n) is 4.01.